The fraction of sp³-hybridized carbons (Fsp3) is 0.211. The minimum atomic E-state index is 0.183. The van der Waals surface area contributed by atoms with Gasteiger partial charge in [-0.2, -0.15) is 0 Å². The van der Waals surface area contributed by atoms with Crippen LogP contribution in [0.4, 0.5) is 0 Å². The third-order valence-corrected chi connectivity index (χ3v) is 4.23. The van der Waals surface area contributed by atoms with E-state index in [2.05, 4.69) is 5.16 Å². The van der Waals surface area contributed by atoms with Crippen molar-refractivity contribution < 1.29 is 19.1 Å². The summed E-state index contributed by atoms with van der Waals surface area (Å²) in [5.41, 5.74) is 4.30. The van der Waals surface area contributed by atoms with Crippen LogP contribution in [0.25, 0.3) is 22.6 Å². The van der Waals surface area contributed by atoms with Crippen molar-refractivity contribution in [2.24, 2.45) is 0 Å². The lowest BCUT2D eigenvalue weighted by molar-refractivity contribution is 0.171. The van der Waals surface area contributed by atoms with Crippen LogP contribution in [0.1, 0.15) is 11.1 Å². The lowest BCUT2D eigenvalue weighted by atomic mass is 10.0. The monoisotopic (exact) mass is 323 g/mol. The van der Waals surface area contributed by atoms with Crippen LogP contribution in [-0.2, 0) is 0 Å². The van der Waals surface area contributed by atoms with E-state index in [-0.39, 0.29) is 5.75 Å². The molecule has 0 radical (unpaired) electrons. The predicted octanol–water partition coefficient (Wildman–Crippen LogP) is 4.10. The van der Waals surface area contributed by atoms with Crippen molar-refractivity contribution in [3.05, 3.63) is 47.5 Å². The molecule has 2 heterocycles. The average molecular weight is 323 g/mol. The number of hydrogen-bond donors (Lipinski definition) is 1. The summed E-state index contributed by atoms with van der Waals surface area (Å²) in [4.78, 5) is 0. The summed E-state index contributed by atoms with van der Waals surface area (Å²) < 4.78 is 16.6. The Hall–Kier alpha value is -2.95. The molecular weight excluding hydrogens is 306 g/mol. The number of aromatic nitrogens is 1. The number of hydrogen-bond acceptors (Lipinski definition) is 5. The zero-order valence-corrected chi connectivity index (χ0v) is 13.5. The maximum atomic E-state index is 10.2. The summed E-state index contributed by atoms with van der Waals surface area (Å²) in [7, 11) is 0. The Balaban J connectivity index is 1.72. The Morgan fingerprint density at radius 2 is 1.67 bits per heavy atom. The van der Waals surface area contributed by atoms with E-state index in [1.807, 2.05) is 44.2 Å². The zero-order valence-electron chi connectivity index (χ0n) is 13.5. The summed E-state index contributed by atoms with van der Waals surface area (Å²) in [6, 6.07) is 11.1. The summed E-state index contributed by atoms with van der Waals surface area (Å²) in [5.74, 6) is 2.15. The van der Waals surface area contributed by atoms with Crippen LogP contribution in [0.3, 0.4) is 0 Å². The lowest BCUT2D eigenvalue weighted by Crippen LogP contribution is -2.15. The number of ether oxygens (including phenoxy) is 2. The fourth-order valence-corrected chi connectivity index (χ4v) is 2.74. The van der Waals surface area contributed by atoms with Gasteiger partial charge in [-0.05, 0) is 55.3 Å². The molecule has 2 aromatic carbocycles. The van der Waals surface area contributed by atoms with Crippen molar-refractivity contribution in [3.8, 4) is 39.8 Å². The highest BCUT2D eigenvalue weighted by molar-refractivity contribution is 5.72. The summed E-state index contributed by atoms with van der Waals surface area (Å²) in [5, 5.41) is 14.3. The highest BCUT2D eigenvalue weighted by Gasteiger charge is 2.16. The summed E-state index contributed by atoms with van der Waals surface area (Å²) in [6.45, 7) is 5.06. The SMILES string of the molecule is Cc1cc(O)c(-c2cc(-c3ccc4c(c3)OCCO4)no2)cc1C. The molecule has 0 aliphatic carbocycles. The molecule has 3 aromatic rings. The second-order valence-electron chi connectivity index (χ2n) is 5.89. The first-order valence-electron chi connectivity index (χ1n) is 7.79. The van der Waals surface area contributed by atoms with Crippen molar-refractivity contribution in [1.82, 2.24) is 5.16 Å². The van der Waals surface area contributed by atoms with Crippen LogP contribution in [0.5, 0.6) is 17.2 Å². The van der Waals surface area contributed by atoms with E-state index in [1.165, 1.54) is 0 Å². The molecule has 0 fully saturated rings. The van der Waals surface area contributed by atoms with Crippen molar-refractivity contribution >= 4 is 0 Å². The van der Waals surface area contributed by atoms with E-state index in [9.17, 15) is 5.11 Å². The molecule has 0 atom stereocenters. The molecule has 0 unspecified atom stereocenters. The van der Waals surface area contributed by atoms with Gasteiger partial charge in [0.05, 0.1) is 5.56 Å². The van der Waals surface area contributed by atoms with Gasteiger partial charge < -0.3 is 19.1 Å². The lowest BCUT2D eigenvalue weighted by Gasteiger charge is -2.18. The van der Waals surface area contributed by atoms with Crippen molar-refractivity contribution in [2.75, 3.05) is 13.2 Å². The van der Waals surface area contributed by atoms with E-state index in [1.54, 1.807) is 6.07 Å². The first-order valence-corrected chi connectivity index (χ1v) is 7.79. The van der Waals surface area contributed by atoms with Gasteiger partial charge in [0.15, 0.2) is 17.3 Å². The molecule has 0 spiro atoms. The second kappa shape index (κ2) is 5.60. The zero-order chi connectivity index (χ0) is 16.7. The van der Waals surface area contributed by atoms with Gasteiger partial charge in [0, 0.05) is 11.6 Å². The minimum absolute atomic E-state index is 0.183. The van der Waals surface area contributed by atoms with Gasteiger partial charge in [-0.3, -0.25) is 0 Å². The van der Waals surface area contributed by atoms with E-state index < -0.39 is 0 Å². The molecule has 0 bridgehead atoms. The highest BCUT2D eigenvalue weighted by Crippen LogP contribution is 2.37. The molecule has 1 aliphatic heterocycles. The van der Waals surface area contributed by atoms with Crippen LogP contribution in [0.15, 0.2) is 40.9 Å². The molecule has 1 aromatic heterocycles. The number of phenols is 1. The van der Waals surface area contributed by atoms with Crippen LogP contribution in [0.2, 0.25) is 0 Å². The van der Waals surface area contributed by atoms with Crippen LogP contribution >= 0.6 is 0 Å². The number of benzene rings is 2. The van der Waals surface area contributed by atoms with Crippen LogP contribution < -0.4 is 9.47 Å². The van der Waals surface area contributed by atoms with Gasteiger partial charge in [0.25, 0.3) is 0 Å². The van der Waals surface area contributed by atoms with Gasteiger partial charge in [-0.15, -0.1) is 0 Å². The Labute approximate surface area is 139 Å². The van der Waals surface area contributed by atoms with Gasteiger partial charge >= 0.3 is 0 Å². The van der Waals surface area contributed by atoms with Gasteiger partial charge in [0.1, 0.15) is 24.7 Å². The smallest absolute Gasteiger partial charge is 0.171 e. The molecule has 5 heteroatoms. The molecule has 122 valence electrons. The Bertz CT molecular complexity index is 914. The van der Waals surface area contributed by atoms with Gasteiger partial charge in [-0.1, -0.05) is 5.16 Å². The molecule has 4 rings (SSSR count). The number of phenolic OH excluding ortho intramolecular Hbond substituents is 1. The number of rotatable bonds is 2. The topological polar surface area (TPSA) is 64.7 Å². The normalized spacial score (nSPS) is 13.1. The molecular formula is C19H17NO4. The quantitative estimate of drug-likeness (QED) is 0.769. The minimum Gasteiger partial charge on any atom is -0.507 e. The van der Waals surface area contributed by atoms with Crippen LogP contribution in [0, 0.1) is 13.8 Å². The third kappa shape index (κ3) is 2.48. The Morgan fingerprint density at radius 1 is 0.917 bits per heavy atom. The number of aryl methyl sites for hydroxylation is 2. The fourth-order valence-electron chi connectivity index (χ4n) is 2.74. The third-order valence-electron chi connectivity index (χ3n) is 4.23. The number of fused-ring (bicyclic) bond motifs is 1. The molecule has 1 aliphatic rings. The van der Waals surface area contributed by atoms with Gasteiger partial charge in [-0.25, -0.2) is 0 Å². The highest BCUT2D eigenvalue weighted by atomic mass is 16.6. The number of aromatic hydroxyl groups is 1. The maximum absolute atomic E-state index is 10.2. The second-order valence-corrected chi connectivity index (χ2v) is 5.89. The van der Waals surface area contributed by atoms with Gasteiger partial charge in [0.2, 0.25) is 0 Å². The van der Waals surface area contributed by atoms with E-state index in [4.69, 9.17) is 14.0 Å². The molecule has 0 amide bonds. The van der Waals surface area contributed by atoms with E-state index >= 15 is 0 Å². The van der Waals surface area contributed by atoms with E-state index in [0.717, 1.165) is 22.4 Å². The standard InChI is InChI=1S/C19H17NO4/c1-11-7-14(16(21)8-12(11)2)18-10-15(20-24-18)13-3-4-17-19(9-13)23-6-5-22-17/h3-4,7-10,21H,5-6H2,1-2H3. The molecule has 1 N–H and O–H groups in total. The Morgan fingerprint density at radius 3 is 2.50 bits per heavy atom. The van der Waals surface area contributed by atoms with Crippen LogP contribution in [-0.4, -0.2) is 23.5 Å². The first-order chi connectivity index (χ1) is 11.6. The first kappa shape index (κ1) is 14.6. The Kier molecular flexibility index (Phi) is 3.41. The molecule has 0 saturated heterocycles. The summed E-state index contributed by atoms with van der Waals surface area (Å²) >= 11 is 0. The van der Waals surface area contributed by atoms with E-state index in [0.29, 0.717) is 36.0 Å². The number of nitrogens with zero attached hydrogens (tertiary/aromatic N) is 1. The van der Waals surface area contributed by atoms with Crippen molar-refractivity contribution in [3.63, 3.8) is 0 Å². The predicted molar refractivity (Wildman–Crippen MR) is 89.5 cm³/mol. The largest absolute Gasteiger partial charge is 0.507 e. The maximum Gasteiger partial charge on any atom is 0.171 e. The average Bonchev–Trinajstić information content (AvgIpc) is 3.07. The van der Waals surface area contributed by atoms with Crippen molar-refractivity contribution in [2.45, 2.75) is 13.8 Å². The molecule has 5 nitrogen and oxygen atoms in total. The summed E-state index contributed by atoms with van der Waals surface area (Å²) in [6.07, 6.45) is 0. The molecule has 0 saturated carbocycles. The molecule has 24 heavy (non-hydrogen) atoms. The van der Waals surface area contributed by atoms with Crippen molar-refractivity contribution in [1.29, 1.82) is 0 Å².